The largest absolute Gasteiger partial charge is 0.342 e. The summed E-state index contributed by atoms with van der Waals surface area (Å²) in [6.07, 6.45) is 3.62. The Bertz CT molecular complexity index is 624. The topological polar surface area (TPSA) is 38.1 Å². The van der Waals surface area contributed by atoms with E-state index in [0.717, 1.165) is 24.1 Å². The quantitative estimate of drug-likeness (QED) is 0.869. The number of amides is 1. The van der Waals surface area contributed by atoms with E-state index < -0.39 is 0 Å². The van der Waals surface area contributed by atoms with Crippen LogP contribution < -0.4 is 0 Å². The van der Waals surface area contributed by atoms with Crippen LogP contribution in [0.1, 0.15) is 26.7 Å². The number of nitrogens with zero attached hydrogens (tertiary/aromatic N) is 3. The maximum Gasteiger partial charge on any atom is 0.224 e. The zero-order chi connectivity index (χ0) is 14.8. The first-order valence-electron chi connectivity index (χ1n) is 7.81. The first-order valence-corrected chi connectivity index (χ1v) is 7.81. The molecule has 21 heavy (non-hydrogen) atoms. The summed E-state index contributed by atoms with van der Waals surface area (Å²) in [7, 11) is 0. The van der Waals surface area contributed by atoms with Crippen LogP contribution in [0.15, 0.2) is 30.6 Å². The number of benzene rings is 1. The van der Waals surface area contributed by atoms with Crippen LogP contribution in [0.5, 0.6) is 0 Å². The molecule has 1 aromatic carbocycles. The number of carbonyl (C=O) groups is 1. The average Bonchev–Trinajstić information content (AvgIpc) is 2.87. The molecule has 112 valence electrons. The van der Waals surface area contributed by atoms with Gasteiger partial charge in [-0.1, -0.05) is 26.0 Å². The van der Waals surface area contributed by atoms with Crippen LogP contribution >= 0.6 is 0 Å². The second-order valence-corrected chi connectivity index (χ2v) is 6.42. The molecular weight excluding hydrogens is 262 g/mol. The third kappa shape index (κ3) is 3.09. The highest BCUT2D eigenvalue weighted by Gasteiger charge is 2.25. The molecule has 1 aliphatic rings. The number of imidazole rings is 1. The van der Waals surface area contributed by atoms with Crippen molar-refractivity contribution in [3.63, 3.8) is 0 Å². The Kier molecular flexibility index (Phi) is 3.95. The van der Waals surface area contributed by atoms with Crippen LogP contribution in [0.2, 0.25) is 0 Å². The van der Waals surface area contributed by atoms with Crippen molar-refractivity contribution < 1.29 is 4.79 Å². The van der Waals surface area contributed by atoms with Gasteiger partial charge < -0.3 is 9.47 Å². The van der Waals surface area contributed by atoms with Gasteiger partial charge in [-0.05, 0) is 30.4 Å². The molecule has 2 unspecified atom stereocenters. The summed E-state index contributed by atoms with van der Waals surface area (Å²) in [6, 6.07) is 8.05. The molecule has 4 heteroatoms. The second kappa shape index (κ2) is 5.88. The fraction of sp³-hybridized carbons (Fsp3) is 0.529. The SMILES string of the molecule is CC1CC(C)CN(C(=O)CCn2cnc3ccccc32)C1. The lowest BCUT2D eigenvalue weighted by molar-refractivity contribution is -0.134. The minimum atomic E-state index is 0.270. The Hall–Kier alpha value is -1.84. The van der Waals surface area contributed by atoms with E-state index >= 15 is 0 Å². The minimum Gasteiger partial charge on any atom is -0.342 e. The van der Waals surface area contributed by atoms with Gasteiger partial charge in [0.1, 0.15) is 0 Å². The number of fused-ring (bicyclic) bond motifs is 1. The summed E-state index contributed by atoms with van der Waals surface area (Å²) in [6.45, 7) is 7.00. The van der Waals surface area contributed by atoms with Gasteiger partial charge in [-0.25, -0.2) is 4.98 Å². The van der Waals surface area contributed by atoms with Crippen LogP contribution in [-0.4, -0.2) is 33.4 Å². The summed E-state index contributed by atoms with van der Waals surface area (Å²) in [5.74, 6) is 1.50. The highest BCUT2D eigenvalue weighted by molar-refractivity contribution is 5.77. The molecule has 2 aromatic rings. The van der Waals surface area contributed by atoms with E-state index in [9.17, 15) is 4.79 Å². The maximum absolute atomic E-state index is 12.4. The Morgan fingerprint density at radius 1 is 1.24 bits per heavy atom. The van der Waals surface area contributed by atoms with Crippen molar-refractivity contribution in [3.05, 3.63) is 30.6 Å². The number of rotatable bonds is 3. The van der Waals surface area contributed by atoms with Crippen LogP contribution in [-0.2, 0) is 11.3 Å². The zero-order valence-corrected chi connectivity index (χ0v) is 12.8. The fourth-order valence-corrected chi connectivity index (χ4v) is 3.43. The molecule has 4 nitrogen and oxygen atoms in total. The molecule has 1 aliphatic heterocycles. The van der Waals surface area contributed by atoms with E-state index in [2.05, 4.69) is 29.5 Å². The van der Waals surface area contributed by atoms with Crippen molar-refractivity contribution in [1.82, 2.24) is 14.5 Å². The molecule has 0 radical (unpaired) electrons. The van der Waals surface area contributed by atoms with Gasteiger partial charge in [-0.3, -0.25) is 4.79 Å². The highest BCUT2D eigenvalue weighted by Crippen LogP contribution is 2.21. The number of hydrogen-bond donors (Lipinski definition) is 0. The monoisotopic (exact) mass is 285 g/mol. The predicted molar refractivity (Wildman–Crippen MR) is 83.9 cm³/mol. The molecule has 1 saturated heterocycles. The standard InChI is InChI=1S/C17H23N3O/c1-13-9-14(2)11-20(10-13)17(21)7-8-19-12-18-15-5-3-4-6-16(15)19/h3-6,12-14H,7-11H2,1-2H3. The first-order chi connectivity index (χ1) is 10.1. The Balaban J connectivity index is 1.63. The van der Waals surface area contributed by atoms with Crippen molar-refractivity contribution in [2.24, 2.45) is 11.8 Å². The Morgan fingerprint density at radius 3 is 2.71 bits per heavy atom. The maximum atomic E-state index is 12.4. The van der Waals surface area contributed by atoms with Crippen molar-refractivity contribution in [3.8, 4) is 0 Å². The lowest BCUT2D eigenvalue weighted by Gasteiger charge is -2.35. The lowest BCUT2D eigenvalue weighted by atomic mass is 9.92. The predicted octanol–water partition coefficient (Wildman–Crippen LogP) is 2.93. The van der Waals surface area contributed by atoms with E-state index in [1.807, 2.05) is 29.4 Å². The fourth-order valence-electron chi connectivity index (χ4n) is 3.43. The number of aromatic nitrogens is 2. The van der Waals surface area contributed by atoms with Crippen molar-refractivity contribution in [1.29, 1.82) is 0 Å². The summed E-state index contributed by atoms with van der Waals surface area (Å²) >= 11 is 0. The van der Waals surface area contributed by atoms with Crippen LogP contribution in [0.25, 0.3) is 11.0 Å². The smallest absolute Gasteiger partial charge is 0.224 e. The van der Waals surface area contributed by atoms with E-state index in [1.165, 1.54) is 6.42 Å². The molecular formula is C17H23N3O. The molecule has 0 spiro atoms. The lowest BCUT2D eigenvalue weighted by Crippen LogP contribution is -2.42. The second-order valence-electron chi connectivity index (χ2n) is 6.42. The van der Waals surface area contributed by atoms with Gasteiger partial charge in [0.25, 0.3) is 0 Å². The molecule has 1 fully saturated rings. The van der Waals surface area contributed by atoms with E-state index in [4.69, 9.17) is 0 Å². The zero-order valence-electron chi connectivity index (χ0n) is 12.8. The minimum absolute atomic E-state index is 0.270. The Morgan fingerprint density at radius 2 is 1.95 bits per heavy atom. The number of aryl methyl sites for hydroxylation is 1. The van der Waals surface area contributed by atoms with Crippen molar-refractivity contribution in [2.75, 3.05) is 13.1 Å². The van der Waals surface area contributed by atoms with E-state index in [-0.39, 0.29) is 5.91 Å². The first kappa shape index (κ1) is 14.1. The van der Waals surface area contributed by atoms with Crippen LogP contribution in [0.3, 0.4) is 0 Å². The molecule has 2 atom stereocenters. The number of likely N-dealkylation sites (tertiary alicyclic amines) is 1. The van der Waals surface area contributed by atoms with Gasteiger partial charge in [-0.15, -0.1) is 0 Å². The van der Waals surface area contributed by atoms with Crippen LogP contribution in [0.4, 0.5) is 0 Å². The molecule has 2 heterocycles. The van der Waals surface area contributed by atoms with Crippen LogP contribution in [0, 0.1) is 11.8 Å². The summed E-state index contributed by atoms with van der Waals surface area (Å²) in [4.78, 5) is 18.8. The Labute approximate surface area is 125 Å². The third-order valence-corrected chi connectivity index (χ3v) is 4.32. The molecule has 3 rings (SSSR count). The number of hydrogen-bond acceptors (Lipinski definition) is 2. The number of para-hydroxylation sites is 2. The van der Waals surface area contributed by atoms with E-state index in [0.29, 0.717) is 24.8 Å². The third-order valence-electron chi connectivity index (χ3n) is 4.32. The molecule has 0 saturated carbocycles. The highest BCUT2D eigenvalue weighted by atomic mass is 16.2. The van der Waals surface area contributed by atoms with E-state index in [1.54, 1.807) is 0 Å². The van der Waals surface area contributed by atoms with Gasteiger partial charge in [0, 0.05) is 26.1 Å². The van der Waals surface area contributed by atoms with Gasteiger partial charge >= 0.3 is 0 Å². The average molecular weight is 285 g/mol. The molecule has 1 amide bonds. The molecule has 0 N–H and O–H groups in total. The van der Waals surface area contributed by atoms with Gasteiger partial charge in [-0.2, -0.15) is 0 Å². The molecule has 0 bridgehead atoms. The summed E-state index contributed by atoms with van der Waals surface area (Å²) in [5.41, 5.74) is 2.09. The normalized spacial score (nSPS) is 22.7. The van der Waals surface area contributed by atoms with Gasteiger partial charge in [0.05, 0.1) is 17.4 Å². The number of carbonyl (C=O) groups excluding carboxylic acids is 1. The number of piperidine rings is 1. The van der Waals surface area contributed by atoms with Crippen molar-refractivity contribution in [2.45, 2.75) is 33.2 Å². The molecule has 1 aromatic heterocycles. The summed E-state index contributed by atoms with van der Waals surface area (Å²) in [5, 5.41) is 0. The van der Waals surface area contributed by atoms with Gasteiger partial charge in [0.15, 0.2) is 0 Å². The van der Waals surface area contributed by atoms with Gasteiger partial charge in [0.2, 0.25) is 5.91 Å². The summed E-state index contributed by atoms with van der Waals surface area (Å²) < 4.78 is 2.07. The van der Waals surface area contributed by atoms with Crippen molar-refractivity contribution >= 4 is 16.9 Å². The molecule has 0 aliphatic carbocycles.